The van der Waals surface area contributed by atoms with E-state index in [0.29, 0.717) is 0 Å². The van der Waals surface area contributed by atoms with E-state index in [1.165, 1.54) is 54.4 Å². The molecule has 0 spiro atoms. The van der Waals surface area contributed by atoms with E-state index in [4.69, 9.17) is 0 Å². The van der Waals surface area contributed by atoms with Crippen LogP contribution in [0.25, 0.3) is 45.0 Å². The third-order valence-electron chi connectivity index (χ3n) is 6.43. The molecule has 0 fully saturated rings. The molecule has 1 aliphatic rings. The lowest BCUT2D eigenvalue weighted by Crippen LogP contribution is -2.23. The molecule has 1 aliphatic heterocycles. The molecule has 2 heterocycles. The molecule has 0 bridgehead atoms. The second-order valence-corrected chi connectivity index (χ2v) is 8.00. The minimum absolute atomic E-state index is 0.976. The van der Waals surface area contributed by atoms with Crippen molar-refractivity contribution in [3.8, 4) is 11.1 Å². The first kappa shape index (κ1) is 17.2. The number of hydrogen-bond acceptors (Lipinski definition) is 0. The van der Waals surface area contributed by atoms with Crippen LogP contribution in [0.3, 0.4) is 0 Å². The molecular formula is C28H23N2+. The number of aryl methyl sites for hydroxylation is 1. The summed E-state index contributed by atoms with van der Waals surface area (Å²) in [7, 11) is 2.16. The van der Waals surface area contributed by atoms with Gasteiger partial charge in [-0.2, -0.15) is 4.58 Å². The van der Waals surface area contributed by atoms with Gasteiger partial charge in [0.05, 0.1) is 11.1 Å². The van der Waals surface area contributed by atoms with Crippen molar-refractivity contribution in [3.63, 3.8) is 0 Å². The van der Waals surface area contributed by atoms with Crippen LogP contribution in [0.1, 0.15) is 6.92 Å². The fraction of sp³-hybridized carbons (Fsp3) is 0.107. The van der Waals surface area contributed by atoms with E-state index >= 15 is 0 Å². The topological polar surface area (TPSA) is 7.94 Å². The van der Waals surface area contributed by atoms with Gasteiger partial charge in [-0.05, 0) is 47.9 Å². The third-order valence-corrected chi connectivity index (χ3v) is 6.43. The average Bonchev–Trinajstić information content (AvgIpc) is 3.26. The maximum atomic E-state index is 2.40. The summed E-state index contributed by atoms with van der Waals surface area (Å²) in [6.07, 6.45) is 4.50. The summed E-state index contributed by atoms with van der Waals surface area (Å²) in [5.74, 6) is 0. The maximum absolute atomic E-state index is 2.40. The second kappa shape index (κ2) is 6.43. The van der Waals surface area contributed by atoms with E-state index in [2.05, 4.69) is 114 Å². The standard InChI is InChI=1S/C28H23N2/c1-3-30-25-12-5-4-10-21(25)23-18-19(15-17-26(23)30)14-16-24-22-11-6-8-20-9-7-13-27(28(20)22)29(24)2/h4-18H,3H2,1-2H3/q+1. The zero-order chi connectivity index (χ0) is 20.2. The van der Waals surface area contributed by atoms with Crippen LogP contribution in [-0.4, -0.2) is 11.1 Å². The van der Waals surface area contributed by atoms with Gasteiger partial charge < -0.3 is 4.57 Å². The third kappa shape index (κ3) is 2.34. The van der Waals surface area contributed by atoms with E-state index in [9.17, 15) is 0 Å². The van der Waals surface area contributed by atoms with Crippen LogP contribution in [0.2, 0.25) is 0 Å². The van der Waals surface area contributed by atoms with Crippen molar-refractivity contribution < 1.29 is 0 Å². The molecule has 1 aromatic heterocycles. The van der Waals surface area contributed by atoms with Crippen LogP contribution >= 0.6 is 0 Å². The fourth-order valence-corrected chi connectivity index (χ4v) is 5.02. The van der Waals surface area contributed by atoms with Gasteiger partial charge in [0, 0.05) is 40.8 Å². The molecule has 5 aromatic rings. The van der Waals surface area contributed by atoms with E-state index in [-0.39, 0.29) is 0 Å². The molecule has 0 amide bonds. The average molecular weight is 388 g/mol. The first-order chi connectivity index (χ1) is 14.8. The molecule has 6 rings (SSSR count). The molecule has 0 aliphatic carbocycles. The Morgan fingerprint density at radius 1 is 0.833 bits per heavy atom. The maximum Gasteiger partial charge on any atom is 0.213 e. The van der Waals surface area contributed by atoms with E-state index in [0.717, 1.165) is 6.54 Å². The molecule has 30 heavy (non-hydrogen) atoms. The van der Waals surface area contributed by atoms with Gasteiger partial charge in [-0.3, -0.25) is 0 Å². The minimum atomic E-state index is 0.976. The summed E-state index contributed by atoms with van der Waals surface area (Å²) < 4.78 is 4.70. The first-order valence-electron chi connectivity index (χ1n) is 10.6. The van der Waals surface area contributed by atoms with Crippen molar-refractivity contribution in [3.05, 3.63) is 94.8 Å². The van der Waals surface area contributed by atoms with Crippen LogP contribution in [0.5, 0.6) is 0 Å². The molecule has 0 radical (unpaired) electrons. The normalized spacial score (nSPS) is 14.1. The highest BCUT2D eigenvalue weighted by molar-refractivity contribution is 6.10. The van der Waals surface area contributed by atoms with Crippen molar-refractivity contribution in [2.45, 2.75) is 6.92 Å². The predicted molar refractivity (Wildman–Crippen MR) is 127 cm³/mol. The molecule has 2 nitrogen and oxygen atoms in total. The van der Waals surface area contributed by atoms with Gasteiger partial charge in [-0.1, -0.05) is 48.5 Å². The molecule has 2 heteroatoms. The number of hydrogen-bond donors (Lipinski definition) is 0. The van der Waals surface area contributed by atoms with Gasteiger partial charge in [0.15, 0.2) is 0 Å². The summed E-state index contributed by atoms with van der Waals surface area (Å²) in [5, 5.41) is 7.74. The van der Waals surface area contributed by atoms with Crippen molar-refractivity contribution in [1.29, 1.82) is 0 Å². The lowest BCUT2D eigenvalue weighted by Gasteiger charge is -1.97. The number of para-hydroxylation sites is 1. The summed E-state index contributed by atoms with van der Waals surface area (Å²) in [6, 6.07) is 28.6. The largest absolute Gasteiger partial charge is 0.344 e. The Balaban J connectivity index is 1.60. The van der Waals surface area contributed by atoms with Gasteiger partial charge >= 0.3 is 0 Å². The number of fused-ring (bicyclic) bond motifs is 3. The quantitative estimate of drug-likeness (QED) is 0.403. The Bertz CT molecular complexity index is 1630. The predicted octanol–water partition coefficient (Wildman–Crippen LogP) is 4.13. The van der Waals surface area contributed by atoms with E-state index in [1.54, 1.807) is 0 Å². The fourth-order valence-electron chi connectivity index (χ4n) is 5.02. The smallest absolute Gasteiger partial charge is 0.213 e. The van der Waals surface area contributed by atoms with Crippen molar-refractivity contribution in [2.24, 2.45) is 7.05 Å². The van der Waals surface area contributed by atoms with E-state index in [1.807, 2.05) is 0 Å². The van der Waals surface area contributed by atoms with Crippen LogP contribution in [0.4, 0.5) is 5.69 Å². The highest BCUT2D eigenvalue weighted by atomic mass is 15.0. The summed E-state index contributed by atoms with van der Waals surface area (Å²) in [5.41, 5.74) is 5.24. The van der Waals surface area contributed by atoms with Crippen molar-refractivity contribution in [1.82, 2.24) is 9.14 Å². The number of rotatable bonds is 2. The Hall–Kier alpha value is -3.65. The minimum Gasteiger partial charge on any atom is -0.344 e. The SMILES string of the molecule is CC[N+]1=c2ccc(=CC=c3c4cccc5cccc(c54)n3C)cc2-c2ccccc21. The zero-order valence-corrected chi connectivity index (χ0v) is 17.3. The van der Waals surface area contributed by atoms with Crippen molar-refractivity contribution in [2.75, 3.05) is 6.54 Å². The Kier molecular flexibility index (Phi) is 3.69. The lowest BCUT2D eigenvalue weighted by molar-refractivity contribution is 0.788. The highest BCUT2D eigenvalue weighted by Gasteiger charge is 2.25. The van der Waals surface area contributed by atoms with Gasteiger partial charge in [-0.25, -0.2) is 0 Å². The van der Waals surface area contributed by atoms with Crippen LogP contribution < -0.4 is 20.5 Å². The molecule has 4 aromatic carbocycles. The molecular weight excluding hydrogens is 364 g/mol. The lowest BCUT2D eigenvalue weighted by atomic mass is 10.0. The van der Waals surface area contributed by atoms with Gasteiger partial charge in [-0.15, -0.1) is 0 Å². The van der Waals surface area contributed by atoms with Gasteiger partial charge in [0.25, 0.3) is 0 Å². The Labute approximate surface area is 175 Å². The number of aromatic nitrogens is 1. The van der Waals surface area contributed by atoms with Crippen LogP contribution in [0, 0.1) is 0 Å². The van der Waals surface area contributed by atoms with Gasteiger partial charge in [0.1, 0.15) is 6.54 Å². The second-order valence-electron chi connectivity index (χ2n) is 8.00. The number of benzene rings is 4. The molecule has 144 valence electrons. The van der Waals surface area contributed by atoms with E-state index < -0.39 is 0 Å². The molecule has 0 N–H and O–H groups in total. The van der Waals surface area contributed by atoms with Crippen LogP contribution in [-0.2, 0) is 7.05 Å². The molecule has 0 saturated carbocycles. The Morgan fingerprint density at radius 3 is 2.53 bits per heavy atom. The zero-order valence-electron chi connectivity index (χ0n) is 17.3. The number of nitrogens with zero attached hydrogens (tertiary/aromatic N) is 2. The summed E-state index contributed by atoms with van der Waals surface area (Å²) >= 11 is 0. The van der Waals surface area contributed by atoms with Crippen molar-refractivity contribution >= 4 is 39.5 Å². The highest BCUT2D eigenvalue weighted by Crippen LogP contribution is 2.29. The summed E-state index contributed by atoms with van der Waals surface area (Å²) in [4.78, 5) is 0. The molecule has 0 unspecified atom stereocenters. The summed E-state index contributed by atoms with van der Waals surface area (Å²) in [6.45, 7) is 3.19. The first-order valence-corrected chi connectivity index (χ1v) is 10.6. The Morgan fingerprint density at radius 2 is 1.67 bits per heavy atom. The molecule has 0 atom stereocenters. The van der Waals surface area contributed by atoms with Crippen LogP contribution in [0.15, 0.2) is 78.9 Å². The molecule has 0 saturated heterocycles. The monoisotopic (exact) mass is 387 g/mol. The van der Waals surface area contributed by atoms with Gasteiger partial charge in [0.2, 0.25) is 11.0 Å².